The Morgan fingerprint density at radius 1 is 1.31 bits per heavy atom. The molecule has 1 fully saturated rings. The van der Waals surface area contributed by atoms with Crippen molar-refractivity contribution in [2.45, 2.75) is 32.7 Å². The first-order chi connectivity index (χ1) is 6.36. The number of nitrogens with zero attached hydrogens (tertiary/aromatic N) is 1. The van der Waals surface area contributed by atoms with Gasteiger partial charge in [0, 0.05) is 0 Å². The zero-order valence-electron chi connectivity index (χ0n) is 8.25. The Kier molecular flexibility index (Phi) is 2.69. The fourth-order valence-electron chi connectivity index (χ4n) is 1.89. The van der Waals surface area contributed by atoms with Gasteiger partial charge in [0.15, 0.2) is 0 Å². The van der Waals surface area contributed by atoms with Crippen LogP contribution in [0.1, 0.15) is 30.6 Å². The van der Waals surface area contributed by atoms with Crippen molar-refractivity contribution in [2.24, 2.45) is 0 Å². The van der Waals surface area contributed by atoms with E-state index in [1.165, 1.54) is 37.9 Å². The summed E-state index contributed by atoms with van der Waals surface area (Å²) >= 11 is 0. The normalized spacial score (nSPS) is 19.2. The highest BCUT2D eigenvalue weighted by atomic mass is 16.3. The lowest BCUT2D eigenvalue weighted by atomic mass is 10.1. The van der Waals surface area contributed by atoms with Gasteiger partial charge >= 0.3 is 0 Å². The van der Waals surface area contributed by atoms with E-state index in [0.29, 0.717) is 0 Å². The van der Waals surface area contributed by atoms with Gasteiger partial charge in [-0.2, -0.15) is 0 Å². The summed E-state index contributed by atoms with van der Waals surface area (Å²) in [6, 6.07) is 2.04. The van der Waals surface area contributed by atoms with Crippen LogP contribution in [0.25, 0.3) is 0 Å². The third-order valence-corrected chi connectivity index (χ3v) is 2.78. The molecule has 0 spiro atoms. The van der Waals surface area contributed by atoms with E-state index in [9.17, 15) is 0 Å². The molecule has 72 valence electrons. The molecule has 13 heavy (non-hydrogen) atoms. The van der Waals surface area contributed by atoms with Crippen LogP contribution in [0.5, 0.6) is 0 Å². The molecule has 1 aromatic rings. The Hall–Kier alpha value is -0.760. The average Bonchev–Trinajstić information content (AvgIpc) is 2.54. The molecule has 1 aromatic heterocycles. The van der Waals surface area contributed by atoms with Gasteiger partial charge in [0.25, 0.3) is 0 Å². The van der Waals surface area contributed by atoms with E-state index in [1.807, 2.05) is 6.07 Å². The first-order valence-corrected chi connectivity index (χ1v) is 5.11. The van der Waals surface area contributed by atoms with Crippen LogP contribution in [0, 0.1) is 6.92 Å². The van der Waals surface area contributed by atoms with E-state index in [0.717, 1.165) is 12.3 Å². The van der Waals surface area contributed by atoms with Crippen LogP contribution in [-0.4, -0.2) is 18.0 Å². The minimum Gasteiger partial charge on any atom is -0.468 e. The molecule has 0 amide bonds. The number of likely N-dealkylation sites (tertiary alicyclic amines) is 1. The molecule has 1 aliphatic rings. The predicted octanol–water partition coefficient (Wildman–Crippen LogP) is 2.57. The minimum atomic E-state index is 0.999. The molecule has 0 radical (unpaired) electrons. The molecule has 0 aromatic carbocycles. The van der Waals surface area contributed by atoms with Gasteiger partial charge in [0.05, 0.1) is 12.8 Å². The van der Waals surface area contributed by atoms with Crippen LogP contribution in [0.15, 0.2) is 16.7 Å². The number of rotatable bonds is 2. The van der Waals surface area contributed by atoms with Gasteiger partial charge in [-0.25, -0.2) is 0 Å². The second kappa shape index (κ2) is 3.97. The Bertz CT molecular complexity index is 261. The van der Waals surface area contributed by atoms with Crippen LogP contribution in [0.3, 0.4) is 0 Å². The molecule has 2 heteroatoms. The van der Waals surface area contributed by atoms with Crippen LogP contribution >= 0.6 is 0 Å². The topological polar surface area (TPSA) is 16.4 Å². The molecule has 1 aliphatic heterocycles. The summed E-state index contributed by atoms with van der Waals surface area (Å²) in [5.41, 5.74) is 1.28. The van der Waals surface area contributed by atoms with Crippen molar-refractivity contribution in [3.8, 4) is 0 Å². The van der Waals surface area contributed by atoms with E-state index < -0.39 is 0 Å². The lowest BCUT2D eigenvalue weighted by Crippen LogP contribution is -2.29. The van der Waals surface area contributed by atoms with Gasteiger partial charge in [-0.3, -0.25) is 4.90 Å². The van der Waals surface area contributed by atoms with Crippen LogP contribution in [0.4, 0.5) is 0 Å². The van der Waals surface area contributed by atoms with Crippen molar-refractivity contribution in [2.75, 3.05) is 13.1 Å². The molecule has 0 atom stereocenters. The molecule has 0 aliphatic carbocycles. The molecule has 2 rings (SSSR count). The molecule has 2 heterocycles. The third kappa shape index (κ3) is 2.13. The molecule has 0 N–H and O–H groups in total. The first-order valence-electron chi connectivity index (χ1n) is 5.11. The molecule has 1 saturated heterocycles. The highest BCUT2D eigenvalue weighted by molar-refractivity contribution is 5.14. The average molecular weight is 179 g/mol. The second-order valence-electron chi connectivity index (χ2n) is 3.86. The Morgan fingerprint density at radius 2 is 2.08 bits per heavy atom. The van der Waals surface area contributed by atoms with Crippen molar-refractivity contribution >= 4 is 0 Å². The highest BCUT2D eigenvalue weighted by Gasteiger charge is 2.12. The van der Waals surface area contributed by atoms with Gasteiger partial charge < -0.3 is 4.42 Å². The van der Waals surface area contributed by atoms with Crippen molar-refractivity contribution in [1.29, 1.82) is 0 Å². The monoisotopic (exact) mass is 179 g/mol. The van der Waals surface area contributed by atoms with Crippen LogP contribution in [0.2, 0.25) is 0 Å². The number of furan rings is 1. The van der Waals surface area contributed by atoms with E-state index in [-0.39, 0.29) is 0 Å². The lowest BCUT2D eigenvalue weighted by molar-refractivity contribution is 0.204. The summed E-state index contributed by atoms with van der Waals surface area (Å²) in [6.45, 7) is 5.59. The molecule has 0 unspecified atom stereocenters. The summed E-state index contributed by atoms with van der Waals surface area (Å²) in [7, 11) is 0. The second-order valence-corrected chi connectivity index (χ2v) is 3.86. The first kappa shape index (κ1) is 8.82. The van der Waals surface area contributed by atoms with E-state index in [1.54, 1.807) is 6.26 Å². The van der Waals surface area contributed by atoms with E-state index >= 15 is 0 Å². The Balaban J connectivity index is 1.93. The van der Waals surface area contributed by atoms with Gasteiger partial charge in [-0.1, -0.05) is 6.42 Å². The summed E-state index contributed by atoms with van der Waals surface area (Å²) in [5, 5.41) is 0. The van der Waals surface area contributed by atoms with Crippen LogP contribution < -0.4 is 0 Å². The van der Waals surface area contributed by atoms with E-state index in [2.05, 4.69) is 11.8 Å². The maximum absolute atomic E-state index is 5.43. The van der Waals surface area contributed by atoms with Crippen LogP contribution in [-0.2, 0) is 6.54 Å². The predicted molar refractivity (Wildman–Crippen MR) is 52.6 cm³/mol. The van der Waals surface area contributed by atoms with E-state index in [4.69, 9.17) is 4.42 Å². The number of aryl methyl sites for hydroxylation is 1. The largest absolute Gasteiger partial charge is 0.468 e. The molecule has 2 nitrogen and oxygen atoms in total. The maximum Gasteiger partial charge on any atom is 0.120 e. The van der Waals surface area contributed by atoms with Gasteiger partial charge in [-0.05, 0) is 44.5 Å². The molecular weight excluding hydrogens is 162 g/mol. The summed E-state index contributed by atoms with van der Waals surface area (Å²) < 4.78 is 5.43. The standard InChI is InChI=1S/C11H17NO/c1-10-5-8-13-11(10)9-12-6-3-2-4-7-12/h5,8H,2-4,6-7,9H2,1H3. The van der Waals surface area contributed by atoms with Gasteiger partial charge in [-0.15, -0.1) is 0 Å². The fraction of sp³-hybridized carbons (Fsp3) is 0.636. The molecule has 0 saturated carbocycles. The summed E-state index contributed by atoms with van der Waals surface area (Å²) in [5.74, 6) is 1.14. The summed E-state index contributed by atoms with van der Waals surface area (Å²) in [6.07, 6.45) is 5.88. The maximum atomic E-state index is 5.43. The zero-order valence-corrected chi connectivity index (χ0v) is 8.25. The third-order valence-electron chi connectivity index (χ3n) is 2.78. The highest BCUT2D eigenvalue weighted by Crippen LogP contribution is 2.15. The van der Waals surface area contributed by atoms with Crippen molar-refractivity contribution < 1.29 is 4.42 Å². The SMILES string of the molecule is Cc1ccoc1CN1CCCCC1. The van der Waals surface area contributed by atoms with Gasteiger partial charge in [0.2, 0.25) is 0 Å². The quantitative estimate of drug-likeness (QED) is 0.693. The van der Waals surface area contributed by atoms with Crippen molar-refractivity contribution in [1.82, 2.24) is 4.90 Å². The van der Waals surface area contributed by atoms with Crippen molar-refractivity contribution in [3.63, 3.8) is 0 Å². The Morgan fingerprint density at radius 3 is 2.69 bits per heavy atom. The Labute approximate surface area is 79.5 Å². The smallest absolute Gasteiger partial charge is 0.120 e. The number of hydrogen-bond donors (Lipinski definition) is 0. The number of hydrogen-bond acceptors (Lipinski definition) is 2. The minimum absolute atomic E-state index is 0.999. The number of piperidine rings is 1. The molecule has 0 bridgehead atoms. The fourth-order valence-corrected chi connectivity index (χ4v) is 1.89. The lowest BCUT2D eigenvalue weighted by Gasteiger charge is -2.25. The summed E-state index contributed by atoms with van der Waals surface area (Å²) in [4.78, 5) is 2.48. The van der Waals surface area contributed by atoms with Gasteiger partial charge in [0.1, 0.15) is 5.76 Å². The molecular formula is C11H17NO. The zero-order chi connectivity index (χ0) is 9.10. The van der Waals surface area contributed by atoms with Crippen molar-refractivity contribution in [3.05, 3.63) is 23.7 Å².